The minimum absolute atomic E-state index is 0.168. The van der Waals surface area contributed by atoms with Crippen LogP contribution in [0.4, 0.5) is 0 Å². The molecule has 10 nitrogen and oxygen atoms in total. The summed E-state index contributed by atoms with van der Waals surface area (Å²) in [5.41, 5.74) is 2.05. The van der Waals surface area contributed by atoms with Gasteiger partial charge in [-0.05, 0) is 26.7 Å². The van der Waals surface area contributed by atoms with E-state index in [1.165, 1.54) is 6.33 Å². The number of likely N-dealkylation sites (tertiary alicyclic amines) is 1. The lowest BCUT2D eigenvalue weighted by Gasteiger charge is -2.17. The summed E-state index contributed by atoms with van der Waals surface area (Å²) in [5.74, 6) is 2.16. The van der Waals surface area contributed by atoms with Crippen molar-refractivity contribution in [3.63, 3.8) is 0 Å². The Kier molecular flexibility index (Phi) is 5.01. The Morgan fingerprint density at radius 3 is 2.55 bits per heavy atom. The maximum absolute atomic E-state index is 12.5. The standard InChI is InChI=1S/C21H25N7O3/c1-4-28-18(14-7-22-12(2)23-8-14)26-17-19(28)24-11-25-20(17)31-16-10-27(9-15(16)30-3)21(29)13-5-6-13/h7-8,11,13,15-16H,4-6,9-10H2,1-3H3. The van der Waals surface area contributed by atoms with Crippen molar-refractivity contribution in [1.29, 1.82) is 0 Å². The predicted octanol–water partition coefficient (Wildman–Crippen LogP) is 1.63. The van der Waals surface area contributed by atoms with Crippen molar-refractivity contribution in [3.8, 4) is 17.3 Å². The van der Waals surface area contributed by atoms with Crippen LogP contribution in [0.2, 0.25) is 0 Å². The van der Waals surface area contributed by atoms with E-state index in [4.69, 9.17) is 14.5 Å². The Balaban J connectivity index is 1.47. The Morgan fingerprint density at radius 1 is 1.13 bits per heavy atom. The Bertz CT molecular complexity index is 1110. The molecule has 10 heteroatoms. The van der Waals surface area contributed by atoms with Gasteiger partial charge in [-0.3, -0.25) is 4.79 Å². The lowest BCUT2D eigenvalue weighted by Crippen LogP contribution is -2.32. The fourth-order valence-electron chi connectivity index (χ4n) is 4.03. The maximum atomic E-state index is 12.5. The quantitative estimate of drug-likeness (QED) is 0.589. The summed E-state index contributed by atoms with van der Waals surface area (Å²) in [4.78, 5) is 36.5. The van der Waals surface area contributed by atoms with Gasteiger partial charge in [0, 0.05) is 32.0 Å². The van der Waals surface area contributed by atoms with Crippen LogP contribution in [0.1, 0.15) is 25.6 Å². The molecule has 1 aliphatic heterocycles. The van der Waals surface area contributed by atoms with E-state index in [9.17, 15) is 4.79 Å². The van der Waals surface area contributed by atoms with E-state index in [-0.39, 0.29) is 24.0 Å². The number of amides is 1. The van der Waals surface area contributed by atoms with Gasteiger partial charge in [-0.15, -0.1) is 0 Å². The lowest BCUT2D eigenvalue weighted by molar-refractivity contribution is -0.132. The van der Waals surface area contributed by atoms with Crippen molar-refractivity contribution in [3.05, 3.63) is 24.5 Å². The van der Waals surface area contributed by atoms with E-state index < -0.39 is 0 Å². The molecule has 0 bridgehead atoms. The summed E-state index contributed by atoms with van der Waals surface area (Å²) in [6.07, 6.45) is 6.40. The van der Waals surface area contributed by atoms with Crippen molar-refractivity contribution in [2.24, 2.45) is 5.92 Å². The fourth-order valence-corrected chi connectivity index (χ4v) is 4.03. The number of ether oxygens (including phenoxy) is 2. The minimum Gasteiger partial charge on any atom is -0.468 e. The van der Waals surface area contributed by atoms with Crippen LogP contribution in [0, 0.1) is 12.8 Å². The molecule has 0 aromatic carbocycles. The average Bonchev–Trinajstić information content (AvgIpc) is 3.45. The van der Waals surface area contributed by atoms with Gasteiger partial charge in [0.05, 0.1) is 18.7 Å². The molecule has 4 heterocycles. The number of aryl methyl sites for hydroxylation is 2. The summed E-state index contributed by atoms with van der Waals surface area (Å²) < 4.78 is 13.9. The molecule has 3 aromatic rings. The number of nitrogens with zero attached hydrogens (tertiary/aromatic N) is 7. The van der Waals surface area contributed by atoms with E-state index in [1.807, 2.05) is 23.3 Å². The fraction of sp³-hybridized carbons (Fsp3) is 0.524. The zero-order chi connectivity index (χ0) is 21.5. The van der Waals surface area contributed by atoms with Gasteiger partial charge in [0.15, 0.2) is 11.2 Å². The number of imidazole rings is 1. The first-order valence-electron chi connectivity index (χ1n) is 10.6. The van der Waals surface area contributed by atoms with E-state index in [0.717, 1.165) is 18.4 Å². The van der Waals surface area contributed by atoms with Crippen molar-refractivity contribution in [2.75, 3.05) is 20.2 Å². The Hall–Kier alpha value is -3.14. The van der Waals surface area contributed by atoms with Crippen molar-refractivity contribution >= 4 is 17.1 Å². The van der Waals surface area contributed by atoms with Crippen LogP contribution in [-0.4, -0.2) is 72.7 Å². The molecule has 31 heavy (non-hydrogen) atoms. The Morgan fingerprint density at radius 2 is 1.87 bits per heavy atom. The van der Waals surface area contributed by atoms with Gasteiger partial charge in [0.1, 0.15) is 30.2 Å². The number of carbonyl (C=O) groups excluding carboxylic acids is 1. The molecule has 1 saturated carbocycles. The second-order valence-corrected chi connectivity index (χ2v) is 8.00. The summed E-state index contributed by atoms with van der Waals surface area (Å²) in [6.45, 7) is 5.55. The van der Waals surface area contributed by atoms with Gasteiger partial charge in [-0.25, -0.2) is 19.9 Å². The van der Waals surface area contributed by atoms with Gasteiger partial charge in [0.25, 0.3) is 0 Å². The zero-order valence-corrected chi connectivity index (χ0v) is 17.9. The molecule has 5 rings (SSSR count). The van der Waals surface area contributed by atoms with Crippen LogP contribution in [-0.2, 0) is 16.1 Å². The summed E-state index contributed by atoms with van der Waals surface area (Å²) in [7, 11) is 1.64. The second kappa shape index (κ2) is 7.84. The highest BCUT2D eigenvalue weighted by Crippen LogP contribution is 2.34. The number of hydrogen-bond donors (Lipinski definition) is 0. The molecule has 2 atom stereocenters. The SMILES string of the molecule is CCn1c(-c2cnc(C)nc2)nc2c(OC3CN(C(=O)C4CC4)CC3OC)ncnc21. The molecule has 2 aliphatic rings. The van der Waals surface area contributed by atoms with Gasteiger partial charge >= 0.3 is 0 Å². The second-order valence-electron chi connectivity index (χ2n) is 8.00. The normalized spacial score (nSPS) is 21.1. The van der Waals surface area contributed by atoms with Gasteiger partial charge < -0.3 is 18.9 Å². The van der Waals surface area contributed by atoms with Crippen LogP contribution in [0.25, 0.3) is 22.6 Å². The van der Waals surface area contributed by atoms with Crippen molar-refractivity contribution < 1.29 is 14.3 Å². The van der Waals surface area contributed by atoms with Crippen LogP contribution in [0.5, 0.6) is 5.88 Å². The molecular formula is C21H25N7O3. The lowest BCUT2D eigenvalue weighted by atomic mass is 10.2. The monoisotopic (exact) mass is 423 g/mol. The van der Waals surface area contributed by atoms with Crippen LogP contribution >= 0.6 is 0 Å². The molecule has 1 amide bonds. The van der Waals surface area contributed by atoms with E-state index in [2.05, 4.69) is 19.9 Å². The highest BCUT2D eigenvalue weighted by atomic mass is 16.5. The Labute approximate surface area is 179 Å². The molecule has 3 aromatic heterocycles. The third kappa shape index (κ3) is 3.60. The van der Waals surface area contributed by atoms with Crippen molar-refractivity contribution in [1.82, 2.24) is 34.4 Å². The number of aromatic nitrogens is 6. The molecule has 0 radical (unpaired) electrons. The third-order valence-electron chi connectivity index (χ3n) is 5.87. The van der Waals surface area contributed by atoms with E-state index in [1.54, 1.807) is 19.5 Å². The molecule has 1 aliphatic carbocycles. The van der Waals surface area contributed by atoms with Crippen LogP contribution < -0.4 is 4.74 Å². The minimum atomic E-state index is -0.316. The largest absolute Gasteiger partial charge is 0.468 e. The molecule has 0 N–H and O–H groups in total. The molecule has 2 fully saturated rings. The van der Waals surface area contributed by atoms with Gasteiger partial charge in [0.2, 0.25) is 11.8 Å². The van der Waals surface area contributed by atoms with Crippen molar-refractivity contribution in [2.45, 2.75) is 45.4 Å². The van der Waals surface area contributed by atoms with E-state index >= 15 is 0 Å². The van der Waals surface area contributed by atoms with E-state index in [0.29, 0.717) is 48.3 Å². The molecule has 162 valence electrons. The number of hydrogen-bond acceptors (Lipinski definition) is 8. The zero-order valence-electron chi connectivity index (χ0n) is 17.9. The topological polar surface area (TPSA) is 108 Å². The number of fused-ring (bicyclic) bond motifs is 1. The predicted molar refractivity (Wildman–Crippen MR) is 111 cm³/mol. The first-order valence-corrected chi connectivity index (χ1v) is 10.6. The molecule has 0 spiro atoms. The summed E-state index contributed by atoms with van der Waals surface area (Å²) in [5, 5.41) is 0. The van der Waals surface area contributed by atoms with Gasteiger partial charge in [-0.1, -0.05) is 0 Å². The van der Waals surface area contributed by atoms with Crippen LogP contribution in [0.15, 0.2) is 18.7 Å². The third-order valence-corrected chi connectivity index (χ3v) is 5.87. The molecular weight excluding hydrogens is 398 g/mol. The van der Waals surface area contributed by atoms with Gasteiger partial charge in [-0.2, -0.15) is 4.98 Å². The maximum Gasteiger partial charge on any atom is 0.245 e. The summed E-state index contributed by atoms with van der Waals surface area (Å²) >= 11 is 0. The highest BCUT2D eigenvalue weighted by molar-refractivity contribution is 5.82. The average molecular weight is 423 g/mol. The summed E-state index contributed by atoms with van der Waals surface area (Å²) in [6, 6.07) is 0. The van der Waals surface area contributed by atoms with Crippen LogP contribution in [0.3, 0.4) is 0 Å². The first kappa shape index (κ1) is 19.8. The molecule has 2 unspecified atom stereocenters. The number of rotatable bonds is 6. The molecule has 1 saturated heterocycles. The smallest absolute Gasteiger partial charge is 0.245 e. The number of methoxy groups -OCH3 is 1. The number of carbonyl (C=O) groups is 1. The first-order chi connectivity index (χ1) is 15.1. The highest BCUT2D eigenvalue weighted by Gasteiger charge is 2.42.